The lowest BCUT2D eigenvalue weighted by molar-refractivity contribution is 0.0971. The zero-order valence-corrected chi connectivity index (χ0v) is 19.2. The Morgan fingerprint density at radius 1 is 0.722 bits per heavy atom. The number of imidazole rings is 1. The first-order valence-corrected chi connectivity index (χ1v) is 11.7. The minimum atomic E-state index is -0.367. The van der Waals surface area contributed by atoms with Gasteiger partial charge in [0, 0.05) is 29.3 Å². The third-order valence-corrected chi connectivity index (χ3v) is 6.29. The summed E-state index contributed by atoms with van der Waals surface area (Å²) in [6.07, 6.45) is 5.65. The van der Waals surface area contributed by atoms with Gasteiger partial charge in [0.25, 0.3) is 0 Å². The van der Waals surface area contributed by atoms with Crippen LogP contribution in [-0.2, 0) is 6.42 Å². The number of benzene rings is 2. The third kappa shape index (κ3) is 4.20. The van der Waals surface area contributed by atoms with E-state index in [-0.39, 0.29) is 17.4 Å². The Bertz CT molecular complexity index is 1560. The quantitative estimate of drug-likeness (QED) is 0.297. The van der Waals surface area contributed by atoms with E-state index in [0.717, 1.165) is 24.2 Å². The summed E-state index contributed by atoms with van der Waals surface area (Å²) in [5, 5.41) is 0. The van der Waals surface area contributed by atoms with Gasteiger partial charge in [0.1, 0.15) is 17.3 Å². The van der Waals surface area contributed by atoms with E-state index in [1.165, 1.54) is 24.3 Å². The molecular weight excluding hydrogens is 458 g/mol. The minimum Gasteiger partial charge on any atom is -0.305 e. The van der Waals surface area contributed by atoms with Gasteiger partial charge >= 0.3 is 0 Å². The van der Waals surface area contributed by atoms with Crippen LogP contribution in [-0.4, -0.2) is 25.3 Å². The third-order valence-electron chi connectivity index (χ3n) is 6.29. The predicted molar refractivity (Wildman–Crippen MR) is 133 cm³/mol. The molecule has 3 heterocycles. The summed E-state index contributed by atoms with van der Waals surface area (Å²) in [7, 11) is 0. The summed E-state index contributed by atoms with van der Waals surface area (Å²) in [4.78, 5) is 26.1. The first-order valence-electron chi connectivity index (χ1n) is 11.7. The first-order chi connectivity index (χ1) is 17.5. The minimum absolute atomic E-state index is 0.132. The second-order valence-corrected chi connectivity index (χ2v) is 8.75. The molecule has 7 heteroatoms. The second kappa shape index (κ2) is 8.92. The molecule has 0 amide bonds. The van der Waals surface area contributed by atoms with E-state index in [0.29, 0.717) is 45.9 Å². The van der Waals surface area contributed by atoms with Crippen LogP contribution in [0.15, 0.2) is 85.3 Å². The van der Waals surface area contributed by atoms with Crippen molar-refractivity contribution in [3.05, 3.63) is 108 Å². The molecule has 0 fully saturated rings. The van der Waals surface area contributed by atoms with Crippen LogP contribution in [0.2, 0.25) is 0 Å². The maximum Gasteiger partial charge on any atom is 0.164 e. The highest BCUT2D eigenvalue weighted by atomic mass is 19.1. The molecule has 0 spiro atoms. The maximum absolute atomic E-state index is 14.0. The van der Waals surface area contributed by atoms with Gasteiger partial charge < -0.3 is 4.57 Å². The summed E-state index contributed by atoms with van der Waals surface area (Å²) >= 11 is 0. The van der Waals surface area contributed by atoms with Crippen LogP contribution in [0.1, 0.15) is 28.9 Å². The number of hydrogen-bond acceptors (Lipinski definition) is 4. The average Bonchev–Trinajstić information content (AvgIpc) is 3.39. The van der Waals surface area contributed by atoms with Crippen molar-refractivity contribution < 1.29 is 13.6 Å². The molecule has 0 aliphatic heterocycles. The van der Waals surface area contributed by atoms with Crippen LogP contribution in [0.3, 0.4) is 0 Å². The standard InChI is InChI=1S/C29H20F2N4O/c30-20-6-1-4-18(12-20)26-14-22(15-27(34-26)19-5-2-7-21(31)13-19)35-16-28(32-17-35)25-11-10-23-24(33-25)8-3-9-29(23)36/h1-2,4-7,10-17H,3,8-9H2. The highest BCUT2D eigenvalue weighted by molar-refractivity contribution is 5.98. The van der Waals surface area contributed by atoms with Gasteiger partial charge in [-0.15, -0.1) is 0 Å². The molecule has 0 radical (unpaired) electrons. The van der Waals surface area contributed by atoms with Gasteiger partial charge in [-0.1, -0.05) is 24.3 Å². The number of hydrogen-bond donors (Lipinski definition) is 0. The predicted octanol–water partition coefficient (Wildman–Crippen LogP) is 6.46. The monoisotopic (exact) mass is 478 g/mol. The maximum atomic E-state index is 14.0. The molecule has 0 saturated heterocycles. The second-order valence-electron chi connectivity index (χ2n) is 8.75. The molecule has 0 atom stereocenters. The number of carbonyl (C=O) groups excluding carboxylic acids is 1. The molecule has 176 valence electrons. The Kier molecular flexibility index (Phi) is 5.45. The van der Waals surface area contributed by atoms with Crippen molar-refractivity contribution in [2.75, 3.05) is 0 Å². The van der Waals surface area contributed by atoms with Crippen molar-refractivity contribution in [3.63, 3.8) is 0 Å². The Hall–Kier alpha value is -4.52. The van der Waals surface area contributed by atoms with Crippen LogP contribution in [0.4, 0.5) is 8.78 Å². The van der Waals surface area contributed by atoms with E-state index in [1.807, 2.05) is 35.0 Å². The van der Waals surface area contributed by atoms with Crippen molar-refractivity contribution in [1.29, 1.82) is 0 Å². The van der Waals surface area contributed by atoms with Crippen LogP contribution >= 0.6 is 0 Å². The number of ketones is 1. The number of carbonyl (C=O) groups is 1. The number of pyridine rings is 2. The molecule has 6 rings (SSSR count). The number of rotatable bonds is 4. The molecule has 5 aromatic rings. The van der Waals surface area contributed by atoms with Crippen LogP contribution < -0.4 is 0 Å². The zero-order valence-electron chi connectivity index (χ0n) is 19.2. The fourth-order valence-electron chi connectivity index (χ4n) is 4.49. The fraction of sp³-hybridized carbons (Fsp3) is 0.103. The Balaban J connectivity index is 1.44. The SMILES string of the molecule is O=C1CCCc2nc(-c3cn(-c4cc(-c5cccc(F)c5)nc(-c5cccc(F)c5)c4)cn3)ccc21. The lowest BCUT2D eigenvalue weighted by atomic mass is 9.94. The normalized spacial score (nSPS) is 13.0. The van der Waals surface area contributed by atoms with Crippen LogP contribution in [0.5, 0.6) is 0 Å². The topological polar surface area (TPSA) is 60.7 Å². The molecule has 5 nitrogen and oxygen atoms in total. The lowest BCUT2D eigenvalue weighted by Gasteiger charge is -2.13. The highest BCUT2D eigenvalue weighted by Crippen LogP contribution is 2.29. The number of halogens is 2. The van der Waals surface area contributed by atoms with Crippen molar-refractivity contribution in [1.82, 2.24) is 19.5 Å². The Morgan fingerprint density at radius 3 is 2.08 bits per heavy atom. The van der Waals surface area contributed by atoms with E-state index in [1.54, 1.807) is 30.6 Å². The largest absolute Gasteiger partial charge is 0.305 e. The molecule has 36 heavy (non-hydrogen) atoms. The smallest absolute Gasteiger partial charge is 0.164 e. The van der Waals surface area contributed by atoms with Crippen molar-refractivity contribution >= 4 is 5.78 Å². The highest BCUT2D eigenvalue weighted by Gasteiger charge is 2.19. The Morgan fingerprint density at radius 2 is 1.42 bits per heavy atom. The van der Waals surface area contributed by atoms with Crippen LogP contribution in [0, 0.1) is 11.6 Å². The summed E-state index contributed by atoms with van der Waals surface area (Å²) in [5.74, 6) is -0.602. The zero-order chi connectivity index (χ0) is 24.6. The molecule has 0 bridgehead atoms. The first kappa shape index (κ1) is 22.0. The van der Waals surface area contributed by atoms with Gasteiger partial charge in [0.2, 0.25) is 0 Å². The van der Waals surface area contributed by atoms with E-state index in [4.69, 9.17) is 9.97 Å². The van der Waals surface area contributed by atoms with Crippen LogP contribution in [0.25, 0.3) is 39.6 Å². The number of Topliss-reactive ketones (excluding diaryl/α,β-unsaturated/α-hetero) is 1. The van der Waals surface area contributed by atoms with E-state index < -0.39 is 0 Å². The molecular formula is C29H20F2N4O. The lowest BCUT2D eigenvalue weighted by Crippen LogP contribution is -2.12. The van der Waals surface area contributed by atoms with Gasteiger partial charge in [-0.2, -0.15) is 0 Å². The molecule has 0 saturated carbocycles. The van der Waals surface area contributed by atoms with Gasteiger partial charge in [-0.25, -0.2) is 18.7 Å². The molecule has 1 aliphatic rings. The molecule has 3 aromatic heterocycles. The number of nitrogens with zero attached hydrogens (tertiary/aromatic N) is 4. The van der Waals surface area contributed by atoms with Gasteiger partial charge in [-0.3, -0.25) is 9.78 Å². The average molecular weight is 479 g/mol. The summed E-state index contributed by atoms with van der Waals surface area (Å²) in [5.41, 5.74) is 5.89. The van der Waals surface area contributed by atoms with Gasteiger partial charge in [-0.05, 0) is 61.4 Å². The van der Waals surface area contributed by atoms with E-state index in [2.05, 4.69) is 4.98 Å². The summed E-state index contributed by atoms with van der Waals surface area (Å²) in [6, 6.07) is 19.7. The molecule has 0 N–H and O–H groups in total. The van der Waals surface area contributed by atoms with Crippen molar-refractivity contribution in [2.24, 2.45) is 0 Å². The van der Waals surface area contributed by atoms with E-state index in [9.17, 15) is 13.6 Å². The fourth-order valence-corrected chi connectivity index (χ4v) is 4.49. The van der Waals surface area contributed by atoms with E-state index >= 15 is 0 Å². The molecule has 2 aromatic carbocycles. The molecule has 1 aliphatic carbocycles. The summed E-state index contributed by atoms with van der Waals surface area (Å²) in [6.45, 7) is 0. The number of aromatic nitrogens is 4. The molecule has 0 unspecified atom stereocenters. The van der Waals surface area contributed by atoms with Crippen molar-refractivity contribution in [3.8, 4) is 39.6 Å². The van der Waals surface area contributed by atoms with Gasteiger partial charge in [0.15, 0.2) is 5.78 Å². The summed E-state index contributed by atoms with van der Waals surface area (Å²) < 4.78 is 29.8. The number of fused-ring (bicyclic) bond motifs is 1. The van der Waals surface area contributed by atoms with Crippen molar-refractivity contribution in [2.45, 2.75) is 19.3 Å². The van der Waals surface area contributed by atoms with Gasteiger partial charge in [0.05, 0.1) is 34.8 Å². The number of aryl methyl sites for hydroxylation is 1. The Labute approximate surface area is 206 Å².